The summed E-state index contributed by atoms with van der Waals surface area (Å²) in [5.41, 5.74) is 2.37. The number of benzene rings is 2. The minimum absolute atomic E-state index is 0.118. The maximum Gasteiger partial charge on any atom is 0.230 e. The molecule has 0 saturated carbocycles. The minimum Gasteiger partial charge on any atom is -0.438 e. The van der Waals surface area contributed by atoms with Crippen molar-refractivity contribution in [3.63, 3.8) is 0 Å². The van der Waals surface area contributed by atoms with Gasteiger partial charge in [-0.05, 0) is 48.5 Å². The average Bonchev–Trinajstić information content (AvgIpc) is 2.70. The van der Waals surface area contributed by atoms with Crippen LogP contribution in [-0.2, 0) is 4.79 Å². The van der Waals surface area contributed by atoms with Crippen molar-refractivity contribution in [3.8, 4) is 23.0 Å². The van der Waals surface area contributed by atoms with Crippen molar-refractivity contribution in [1.82, 2.24) is 15.0 Å². The molecule has 0 spiro atoms. The van der Waals surface area contributed by atoms with Gasteiger partial charge in [-0.25, -0.2) is 4.98 Å². The second kappa shape index (κ2) is 7.21. The Labute approximate surface area is 155 Å². The van der Waals surface area contributed by atoms with Crippen LogP contribution in [0.3, 0.4) is 0 Å². The smallest absolute Gasteiger partial charge is 0.230 e. The number of amides is 1. The van der Waals surface area contributed by atoms with Crippen molar-refractivity contribution in [2.24, 2.45) is 0 Å². The van der Waals surface area contributed by atoms with Gasteiger partial charge in [-0.3, -0.25) is 9.78 Å². The largest absolute Gasteiger partial charge is 0.438 e. The van der Waals surface area contributed by atoms with Crippen molar-refractivity contribution in [3.05, 3.63) is 73.1 Å². The summed E-state index contributed by atoms with van der Waals surface area (Å²) >= 11 is 0. The molecule has 2 heterocycles. The van der Waals surface area contributed by atoms with Gasteiger partial charge in [0, 0.05) is 30.6 Å². The van der Waals surface area contributed by atoms with E-state index >= 15 is 0 Å². The first-order valence-electron chi connectivity index (χ1n) is 8.42. The van der Waals surface area contributed by atoms with Crippen LogP contribution in [0.15, 0.2) is 73.1 Å². The molecule has 1 N–H and O–H groups in total. The van der Waals surface area contributed by atoms with Crippen LogP contribution < -0.4 is 10.1 Å². The Bertz CT molecular complexity index is 1100. The third-order valence-electron chi connectivity index (χ3n) is 3.90. The maximum absolute atomic E-state index is 11.1. The van der Waals surface area contributed by atoms with E-state index in [-0.39, 0.29) is 5.91 Å². The fraction of sp³-hybridized carbons (Fsp3) is 0.0476. The molecule has 4 aromatic rings. The molecule has 0 saturated heterocycles. The third-order valence-corrected chi connectivity index (χ3v) is 3.90. The summed E-state index contributed by atoms with van der Waals surface area (Å²) in [7, 11) is 0. The highest BCUT2D eigenvalue weighted by Gasteiger charge is 2.11. The average molecular weight is 356 g/mol. The van der Waals surface area contributed by atoms with Gasteiger partial charge < -0.3 is 10.1 Å². The van der Waals surface area contributed by atoms with E-state index in [9.17, 15) is 4.79 Å². The van der Waals surface area contributed by atoms with Crippen LogP contribution >= 0.6 is 0 Å². The van der Waals surface area contributed by atoms with Gasteiger partial charge in [0.2, 0.25) is 11.8 Å². The van der Waals surface area contributed by atoms with Crippen molar-refractivity contribution in [1.29, 1.82) is 0 Å². The van der Waals surface area contributed by atoms with Crippen LogP contribution in [0.2, 0.25) is 0 Å². The normalized spacial score (nSPS) is 10.6. The summed E-state index contributed by atoms with van der Waals surface area (Å²) in [4.78, 5) is 24.4. The molecule has 0 aliphatic rings. The first kappa shape index (κ1) is 16.7. The topological polar surface area (TPSA) is 77.0 Å². The Morgan fingerprint density at radius 3 is 2.41 bits per heavy atom. The lowest BCUT2D eigenvalue weighted by Gasteiger charge is -2.10. The van der Waals surface area contributed by atoms with Crippen LogP contribution in [0.25, 0.3) is 22.3 Å². The molecule has 0 bridgehead atoms. The Balaban J connectivity index is 1.73. The fourth-order valence-electron chi connectivity index (χ4n) is 2.68. The summed E-state index contributed by atoms with van der Waals surface area (Å²) in [6.07, 6.45) is 3.41. The van der Waals surface area contributed by atoms with E-state index in [0.29, 0.717) is 23.1 Å². The summed E-state index contributed by atoms with van der Waals surface area (Å²) in [6.45, 7) is 1.47. The van der Waals surface area contributed by atoms with E-state index in [1.54, 1.807) is 36.7 Å². The molecule has 132 valence electrons. The molecule has 27 heavy (non-hydrogen) atoms. The van der Waals surface area contributed by atoms with Gasteiger partial charge in [0.05, 0.1) is 10.9 Å². The molecule has 4 rings (SSSR count). The highest BCUT2D eigenvalue weighted by molar-refractivity contribution is 5.88. The zero-order valence-electron chi connectivity index (χ0n) is 14.6. The minimum atomic E-state index is -0.118. The number of fused-ring (bicyclic) bond motifs is 1. The highest BCUT2D eigenvalue weighted by atomic mass is 16.5. The second-order valence-corrected chi connectivity index (χ2v) is 5.91. The standard InChI is InChI=1S/C21H16N4O2/c1-14(26)23-16-6-8-17(9-7-16)27-21-18-4-2-3-5-19(18)24-20(25-21)15-10-12-22-13-11-15/h2-13H,1H3,(H,23,26). The van der Waals surface area contributed by atoms with E-state index in [0.717, 1.165) is 16.5 Å². The van der Waals surface area contributed by atoms with Crippen molar-refractivity contribution < 1.29 is 9.53 Å². The van der Waals surface area contributed by atoms with Gasteiger partial charge >= 0.3 is 0 Å². The van der Waals surface area contributed by atoms with Crippen molar-refractivity contribution >= 4 is 22.5 Å². The number of para-hydroxylation sites is 1. The molecule has 6 nitrogen and oxygen atoms in total. The first-order chi connectivity index (χ1) is 13.2. The molecular formula is C21H16N4O2. The summed E-state index contributed by atoms with van der Waals surface area (Å²) in [5.74, 6) is 1.54. The zero-order chi connectivity index (χ0) is 18.6. The third kappa shape index (κ3) is 3.74. The molecule has 0 fully saturated rings. The zero-order valence-corrected chi connectivity index (χ0v) is 14.6. The molecule has 2 aromatic heterocycles. The van der Waals surface area contributed by atoms with Gasteiger partial charge in [-0.15, -0.1) is 0 Å². The van der Waals surface area contributed by atoms with Crippen LogP contribution in [0.1, 0.15) is 6.92 Å². The van der Waals surface area contributed by atoms with Gasteiger partial charge in [-0.2, -0.15) is 4.98 Å². The number of carbonyl (C=O) groups is 1. The number of nitrogens with zero attached hydrogens (tertiary/aromatic N) is 3. The van der Waals surface area contributed by atoms with E-state index in [4.69, 9.17) is 4.74 Å². The Hall–Kier alpha value is -3.80. The second-order valence-electron chi connectivity index (χ2n) is 5.91. The first-order valence-corrected chi connectivity index (χ1v) is 8.42. The van der Waals surface area contributed by atoms with E-state index in [1.807, 2.05) is 36.4 Å². The summed E-state index contributed by atoms with van der Waals surface area (Å²) in [6, 6.07) is 18.5. The summed E-state index contributed by atoms with van der Waals surface area (Å²) in [5, 5.41) is 3.55. The number of ether oxygens (including phenoxy) is 1. The molecular weight excluding hydrogens is 340 g/mol. The van der Waals surface area contributed by atoms with Crippen molar-refractivity contribution in [2.45, 2.75) is 6.92 Å². The SMILES string of the molecule is CC(=O)Nc1ccc(Oc2nc(-c3ccncc3)nc3ccccc23)cc1. The van der Waals surface area contributed by atoms with Gasteiger partial charge in [0.15, 0.2) is 5.82 Å². The quantitative estimate of drug-likeness (QED) is 0.585. The molecule has 0 radical (unpaired) electrons. The number of aromatic nitrogens is 3. The van der Waals surface area contributed by atoms with Gasteiger partial charge in [0.1, 0.15) is 5.75 Å². The Kier molecular flexibility index (Phi) is 4.45. The van der Waals surface area contributed by atoms with Crippen LogP contribution in [0, 0.1) is 0 Å². The summed E-state index contributed by atoms with van der Waals surface area (Å²) < 4.78 is 6.03. The number of pyridine rings is 1. The van der Waals surface area contributed by atoms with Crippen LogP contribution in [0.5, 0.6) is 11.6 Å². The van der Waals surface area contributed by atoms with E-state index in [2.05, 4.69) is 20.3 Å². The molecule has 0 unspecified atom stereocenters. The molecule has 0 aliphatic carbocycles. The van der Waals surface area contributed by atoms with Crippen molar-refractivity contribution in [2.75, 3.05) is 5.32 Å². The molecule has 0 aliphatic heterocycles. The predicted molar refractivity (Wildman–Crippen MR) is 104 cm³/mol. The van der Waals surface area contributed by atoms with Crippen LogP contribution in [0.4, 0.5) is 5.69 Å². The molecule has 2 aromatic carbocycles. The highest BCUT2D eigenvalue weighted by Crippen LogP contribution is 2.30. The number of carbonyl (C=O) groups excluding carboxylic acids is 1. The number of nitrogens with one attached hydrogen (secondary N) is 1. The van der Waals surface area contributed by atoms with E-state index in [1.165, 1.54) is 6.92 Å². The molecule has 1 amide bonds. The Morgan fingerprint density at radius 1 is 0.926 bits per heavy atom. The van der Waals surface area contributed by atoms with Gasteiger partial charge in [0.25, 0.3) is 0 Å². The fourth-order valence-corrected chi connectivity index (χ4v) is 2.68. The molecule has 0 atom stereocenters. The Morgan fingerprint density at radius 2 is 1.67 bits per heavy atom. The molecule has 6 heteroatoms. The van der Waals surface area contributed by atoms with E-state index < -0.39 is 0 Å². The number of hydrogen-bond donors (Lipinski definition) is 1. The monoisotopic (exact) mass is 356 g/mol. The lowest BCUT2D eigenvalue weighted by Crippen LogP contribution is -2.05. The van der Waals surface area contributed by atoms with Crippen LogP contribution in [-0.4, -0.2) is 20.9 Å². The maximum atomic E-state index is 11.1. The number of anilines is 1. The number of hydrogen-bond acceptors (Lipinski definition) is 5. The number of rotatable bonds is 4. The lowest BCUT2D eigenvalue weighted by atomic mass is 10.2. The lowest BCUT2D eigenvalue weighted by molar-refractivity contribution is -0.114. The predicted octanol–water partition coefficient (Wildman–Crippen LogP) is 4.44. The van der Waals surface area contributed by atoms with Gasteiger partial charge in [-0.1, -0.05) is 12.1 Å².